The van der Waals surface area contributed by atoms with Crippen molar-refractivity contribution in [3.8, 4) is 0 Å². The van der Waals surface area contributed by atoms with Crippen molar-refractivity contribution < 1.29 is 4.79 Å². The Morgan fingerprint density at radius 1 is 0.969 bits per heavy atom. The summed E-state index contributed by atoms with van der Waals surface area (Å²) in [6.45, 7) is 5.36. The number of hydrogen-bond donors (Lipinski definition) is 1. The Kier molecular flexibility index (Phi) is 5.66. The summed E-state index contributed by atoms with van der Waals surface area (Å²) in [5, 5.41) is 4.00. The number of aromatic nitrogens is 3. The van der Waals surface area contributed by atoms with Crippen LogP contribution in [0, 0.1) is 5.92 Å². The minimum absolute atomic E-state index is 0.0988. The van der Waals surface area contributed by atoms with Crippen LogP contribution in [0.25, 0.3) is 0 Å². The predicted molar refractivity (Wildman–Crippen MR) is 127 cm³/mol. The molecule has 8 heteroatoms. The number of anilines is 4. The van der Waals surface area contributed by atoms with Gasteiger partial charge in [0.05, 0.1) is 11.3 Å². The first-order valence-electron chi connectivity index (χ1n) is 10.9. The third-order valence-corrected chi connectivity index (χ3v) is 6.22. The second-order valence-electron chi connectivity index (χ2n) is 8.42. The molecule has 164 valence electrons. The van der Waals surface area contributed by atoms with Crippen LogP contribution in [-0.2, 0) is 6.42 Å². The van der Waals surface area contributed by atoms with E-state index in [-0.39, 0.29) is 11.7 Å². The van der Waals surface area contributed by atoms with Gasteiger partial charge in [0.1, 0.15) is 11.6 Å². The van der Waals surface area contributed by atoms with Gasteiger partial charge >= 0.3 is 0 Å². The number of rotatable bonds is 4. The van der Waals surface area contributed by atoms with Crippen molar-refractivity contribution in [2.45, 2.75) is 19.8 Å². The number of fused-ring (bicyclic) bond motifs is 1. The summed E-state index contributed by atoms with van der Waals surface area (Å²) in [5.41, 5.74) is 2.30. The highest BCUT2D eigenvalue weighted by Gasteiger charge is 2.30. The zero-order valence-corrected chi connectivity index (χ0v) is 18.7. The average Bonchev–Trinajstić information content (AvgIpc) is 2.80. The molecule has 1 saturated heterocycles. The predicted octanol–water partition coefficient (Wildman–Crippen LogP) is 4.36. The Labute approximate surface area is 192 Å². The highest BCUT2D eigenvalue weighted by molar-refractivity contribution is 6.30. The molecule has 2 aliphatic rings. The maximum absolute atomic E-state index is 12.9. The van der Waals surface area contributed by atoms with Crippen molar-refractivity contribution in [1.29, 1.82) is 0 Å². The van der Waals surface area contributed by atoms with Crippen molar-refractivity contribution in [2.75, 3.05) is 41.3 Å². The van der Waals surface area contributed by atoms with Crippen molar-refractivity contribution in [3.63, 3.8) is 0 Å². The van der Waals surface area contributed by atoms with E-state index in [1.54, 1.807) is 0 Å². The molecule has 5 rings (SSSR count). The van der Waals surface area contributed by atoms with E-state index in [4.69, 9.17) is 21.6 Å². The molecule has 0 amide bonds. The van der Waals surface area contributed by atoms with Crippen molar-refractivity contribution >= 4 is 40.7 Å². The van der Waals surface area contributed by atoms with Crippen LogP contribution in [0.1, 0.15) is 29.4 Å². The van der Waals surface area contributed by atoms with E-state index < -0.39 is 0 Å². The summed E-state index contributed by atoms with van der Waals surface area (Å²) in [5.74, 6) is 2.62. The fraction of sp³-hybridized carbons (Fsp3) is 0.333. The van der Waals surface area contributed by atoms with Crippen LogP contribution in [0.3, 0.4) is 0 Å². The smallest absolute Gasteiger partial charge is 0.227 e. The molecule has 1 fully saturated rings. The number of pyridine rings is 1. The number of nitrogens with one attached hydrogen (secondary N) is 1. The topological polar surface area (TPSA) is 74.2 Å². The number of ketones is 1. The van der Waals surface area contributed by atoms with Crippen LogP contribution >= 0.6 is 11.6 Å². The number of nitrogens with zero attached hydrogens (tertiary/aromatic N) is 5. The maximum atomic E-state index is 12.9. The van der Waals surface area contributed by atoms with E-state index in [1.165, 1.54) is 0 Å². The fourth-order valence-electron chi connectivity index (χ4n) is 4.33. The Morgan fingerprint density at radius 3 is 2.44 bits per heavy atom. The highest BCUT2D eigenvalue weighted by atomic mass is 35.5. The van der Waals surface area contributed by atoms with E-state index in [1.807, 2.05) is 48.7 Å². The summed E-state index contributed by atoms with van der Waals surface area (Å²) in [7, 11) is 0. The monoisotopic (exact) mass is 448 g/mol. The molecular formula is C24H25ClN6O. The maximum Gasteiger partial charge on any atom is 0.227 e. The van der Waals surface area contributed by atoms with Gasteiger partial charge in [-0.3, -0.25) is 4.79 Å². The molecule has 1 unspecified atom stereocenters. The second-order valence-corrected chi connectivity index (χ2v) is 8.86. The Balaban J connectivity index is 1.43. The molecule has 3 aromatic rings. The SMILES string of the molecule is CC1CC(=O)c2c(nc(N3CCN(c4ccccn4)CC3)nc2Nc2ccc(Cl)cc2)C1. The van der Waals surface area contributed by atoms with Crippen LogP contribution in [0.5, 0.6) is 0 Å². The molecule has 1 aromatic carbocycles. The van der Waals surface area contributed by atoms with Crippen molar-refractivity contribution in [3.05, 3.63) is 64.9 Å². The third-order valence-electron chi connectivity index (χ3n) is 5.97. The van der Waals surface area contributed by atoms with Gasteiger partial charge < -0.3 is 15.1 Å². The lowest BCUT2D eigenvalue weighted by Crippen LogP contribution is -2.47. The van der Waals surface area contributed by atoms with E-state index in [0.717, 1.165) is 49.8 Å². The van der Waals surface area contributed by atoms with E-state index >= 15 is 0 Å². The molecule has 7 nitrogen and oxygen atoms in total. The summed E-state index contributed by atoms with van der Waals surface area (Å²) in [6.07, 6.45) is 3.12. The molecule has 3 heterocycles. The van der Waals surface area contributed by atoms with Gasteiger partial charge in [0.25, 0.3) is 0 Å². The molecule has 0 spiro atoms. The minimum atomic E-state index is 0.0988. The zero-order chi connectivity index (χ0) is 22.1. The number of carbonyl (C=O) groups is 1. The molecule has 2 aromatic heterocycles. The molecule has 0 saturated carbocycles. The van der Waals surface area contributed by atoms with Crippen LogP contribution in [0.2, 0.25) is 5.02 Å². The summed E-state index contributed by atoms with van der Waals surface area (Å²) in [6, 6.07) is 13.4. The lowest BCUT2D eigenvalue weighted by Gasteiger charge is -2.36. The third kappa shape index (κ3) is 4.25. The van der Waals surface area contributed by atoms with E-state index in [2.05, 4.69) is 27.0 Å². The van der Waals surface area contributed by atoms with Gasteiger partial charge in [-0.1, -0.05) is 24.6 Å². The minimum Gasteiger partial charge on any atom is -0.353 e. The zero-order valence-electron chi connectivity index (χ0n) is 18.0. The Bertz CT molecular complexity index is 1110. The summed E-state index contributed by atoms with van der Waals surface area (Å²) >= 11 is 6.03. The van der Waals surface area contributed by atoms with Crippen LogP contribution in [0.15, 0.2) is 48.7 Å². The first-order valence-corrected chi connectivity index (χ1v) is 11.3. The summed E-state index contributed by atoms with van der Waals surface area (Å²) < 4.78 is 0. The first kappa shape index (κ1) is 20.7. The molecule has 1 atom stereocenters. The molecule has 0 radical (unpaired) electrons. The first-order chi connectivity index (χ1) is 15.6. The molecule has 0 bridgehead atoms. The highest BCUT2D eigenvalue weighted by Crippen LogP contribution is 2.32. The quantitative estimate of drug-likeness (QED) is 0.635. The van der Waals surface area contributed by atoms with Gasteiger partial charge in [-0.15, -0.1) is 0 Å². The summed E-state index contributed by atoms with van der Waals surface area (Å²) in [4.78, 5) is 31.5. The molecular weight excluding hydrogens is 424 g/mol. The van der Waals surface area contributed by atoms with Crippen LogP contribution in [-0.4, -0.2) is 46.9 Å². The lowest BCUT2D eigenvalue weighted by molar-refractivity contribution is 0.0952. The van der Waals surface area contributed by atoms with Gasteiger partial charge in [0, 0.05) is 49.5 Å². The largest absolute Gasteiger partial charge is 0.353 e. The Morgan fingerprint density at radius 2 is 1.72 bits per heavy atom. The van der Waals surface area contributed by atoms with Gasteiger partial charge in [-0.05, 0) is 48.7 Å². The number of Topliss-reactive ketones (excluding diaryl/α,β-unsaturated/α-hetero) is 1. The lowest BCUT2D eigenvalue weighted by atomic mass is 9.87. The van der Waals surface area contributed by atoms with E-state index in [9.17, 15) is 4.79 Å². The van der Waals surface area contributed by atoms with Gasteiger partial charge in [-0.25, -0.2) is 9.97 Å². The number of benzene rings is 1. The normalized spacial score (nSPS) is 18.4. The standard InChI is InChI=1S/C24H25ClN6O/c1-16-14-19-22(20(32)15-16)23(27-18-7-5-17(25)6-8-18)29-24(28-19)31-12-10-30(11-13-31)21-4-2-3-9-26-21/h2-9,16H,10-15H2,1H3,(H,27,28,29). The second kappa shape index (κ2) is 8.74. The Hall–Kier alpha value is -3.19. The number of hydrogen-bond acceptors (Lipinski definition) is 7. The van der Waals surface area contributed by atoms with Gasteiger partial charge in [-0.2, -0.15) is 4.98 Å². The molecule has 32 heavy (non-hydrogen) atoms. The van der Waals surface area contributed by atoms with E-state index in [0.29, 0.717) is 28.8 Å². The number of piperazine rings is 1. The van der Waals surface area contributed by atoms with Gasteiger partial charge in [0.2, 0.25) is 5.95 Å². The van der Waals surface area contributed by atoms with Crippen LogP contribution < -0.4 is 15.1 Å². The average molecular weight is 449 g/mol. The fourth-order valence-corrected chi connectivity index (χ4v) is 4.46. The molecule has 1 aliphatic heterocycles. The van der Waals surface area contributed by atoms with Crippen molar-refractivity contribution in [1.82, 2.24) is 15.0 Å². The number of halogens is 1. The van der Waals surface area contributed by atoms with Gasteiger partial charge in [0.15, 0.2) is 5.78 Å². The van der Waals surface area contributed by atoms with Crippen molar-refractivity contribution in [2.24, 2.45) is 5.92 Å². The van der Waals surface area contributed by atoms with Crippen LogP contribution in [0.4, 0.5) is 23.3 Å². The molecule has 1 aliphatic carbocycles. The number of carbonyl (C=O) groups excluding carboxylic acids is 1. The molecule has 1 N–H and O–H groups in total.